The standard InChI is InChI=1S/C21H20N2O3S/c1-13-4-6-14(7-5-13)19(15-8-9-15)23-21(25)17-10-11-18(27-17)22-20(24)16-3-2-12-26-16/h2-7,10-12,15,19H,8-9H2,1H3,(H,22,24)(H,23,25). The molecule has 0 spiro atoms. The minimum Gasteiger partial charge on any atom is -0.459 e. The number of rotatable bonds is 6. The highest BCUT2D eigenvalue weighted by molar-refractivity contribution is 7.18. The summed E-state index contributed by atoms with van der Waals surface area (Å²) in [6.45, 7) is 2.05. The van der Waals surface area contributed by atoms with Gasteiger partial charge in [-0.15, -0.1) is 11.3 Å². The number of amides is 2. The molecule has 1 fully saturated rings. The Kier molecular flexibility index (Phi) is 4.81. The highest BCUT2D eigenvalue weighted by Gasteiger charge is 2.33. The summed E-state index contributed by atoms with van der Waals surface area (Å²) in [4.78, 5) is 25.3. The maximum Gasteiger partial charge on any atom is 0.291 e. The van der Waals surface area contributed by atoms with Gasteiger partial charge in [0.05, 0.1) is 22.2 Å². The number of benzene rings is 1. The van der Waals surface area contributed by atoms with Crippen LogP contribution in [0.4, 0.5) is 5.00 Å². The van der Waals surface area contributed by atoms with Crippen molar-refractivity contribution in [1.82, 2.24) is 5.32 Å². The Hall–Kier alpha value is -2.86. The van der Waals surface area contributed by atoms with E-state index >= 15 is 0 Å². The van der Waals surface area contributed by atoms with E-state index in [1.807, 2.05) is 0 Å². The Labute approximate surface area is 161 Å². The molecule has 138 valence electrons. The zero-order chi connectivity index (χ0) is 18.8. The highest BCUT2D eigenvalue weighted by Crippen LogP contribution is 2.41. The van der Waals surface area contributed by atoms with Gasteiger partial charge >= 0.3 is 0 Å². The fraction of sp³-hybridized carbons (Fsp3) is 0.238. The van der Waals surface area contributed by atoms with Gasteiger partial charge in [0.15, 0.2) is 5.76 Å². The van der Waals surface area contributed by atoms with E-state index in [2.05, 4.69) is 41.8 Å². The van der Waals surface area contributed by atoms with Gasteiger partial charge in [-0.3, -0.25) is 9.59 Å². The minimum atomic E-state index is -0.329. The Morgan fingerprint density at radius 1 is 1.07 bits per heavy atom. The van der Waals surface area contributed by atoms with Crippen LogP contribution in [0.3, 0.4) is 0 Å². The summed E-state index contributed by atoms with van der Waals surface area (Å²) in [5.74, 6) is 0.289. The van der Waals surface area contributed by atoms with Crippen LogP contribution < -0.4 is 10.6 Å². The molecule has 0 radical (unpaired) electrons. The third-order valence-corrected chi connectivity index (χ3v) is 5.63. The first-order valence-corrected chi connectivity index (χ1v) is 9.74. The number of aryl methyl sites for hydroxylation is 1. The molecular weight excluding hydrogens is 360 g/mol. The third-order valence-electron chi connectivity index (χ3n) is 4.63. The quantitative estimate of drug-likeness (QED) is 0.646. The monoisotopic (exact) mass is 380 g/mol. The van der Waals surface area contributed by atoms with Crippen molar-refractivity contribution in [1.29, 1.82) is 0 Å². The van der Waals surface area contributed by atoms with E-state index < -0.39 is 0 Å². The van der Waals surface area contributed by atoms with Crippen molar-refractivity contribution < 1.29 is 14.0 Å². The van der Waals surface area contributed by atoms with Gasteiger partial charge in [0.2, 0.25) is 0 Å². The largest absolute Gasteiger partial charge is 0.459 e. The first kappa shape index (κ1) is 17.5. The molecule has 4 rings (SSSR count). The molecule has 0 aliphatic heterocycles. The lowest BCUT2D eigenvalue weighted by Gasteiger charge is -2.18. The molecule has 1 aliphatic rings. The summed E-state index contributed by atoms with van der Waals surface area (Å²) in [5, 5.41) is 6.53. The number of hydrogen-bond acceptors (Lipinski definition) is 4. The molecule has 1 atom stereocenters. The van der Waals surface area contributed by atoms with Gasteiger partial charge in [0.1, 0.15) is 0 Å². The molecule has 0 saturated heterocycles. The van der Waals surface area contributed by atoms with E-state index in [0.717, 1.165) is 18.4 Å². The predicted octanol–water partition coefficient (Wildman–Crippen LogP) is 4.78. The predicted molar refractivity (Wildman–Crippen MR) is 105 cm³/mol. The van der Waals surface area contributed by atoms with Gasteiger partial charge in [-0.2, -0.15) is 0 Å². The van der Waals surface area contributed by atoms with Crippen LogP contribution in [0.5, 0.6) is 0 Å². The van der Waals surface area contributed by atoms with Gasteiger partial charge in [-0.1, -0.05) is 29.8 Å². The lowest BCUT2D eigenvalue weighted by atomic mass is 10.0. The number of carbonyl (C=O) groups is 2. The molecule has 2 heterocycles. The van der Waals surface area contributed by atoms with Crippen LogP contribution in [-0.4, -0.2) is 11.8 Å². The number of carbonyl (C=O) groups excluding carboxylic acids is 2. The second-order valence-electron chi connectivity index (χ2n) is 6.79. The molecule has 0 bridgehead atoms. The van der Waals surface area contributed by atoms with E-state index in [-0.39, 0.29) is 23.6 Å². The molecule has 1 aromatic carbocycles. The zero-order valence-corrected chi connectivity index (χ0v) is 15.7. The Bertz CT molecular complexity index is 940. The van der Waals surface area contributed by atoms with Crippen molar-refractivity contribution in [2.24, 2.45) is 5.92 Å². The van der Waals surface area contributed by atoms with Crippen LogP contribution >= 0.6 is 11.3 Å². The number of hydrogen-bond donors (Lipinski definition) is 2. The highest BCUT2D eigenvalue weighted by atomic mass is 32.1. The van der Waals surface area contributed by atoms with Gasteiger partial charge in [0, 0.05) is 0 Å². The number of furan rings is 1. The van der Waals surface area contributed by atoms with Crippen LogP contribution in [0, 0.1) is 12.8 Å². The summed E-state index contributed by atoms with van der Waals surface area (Å²) >= 11 is 1.25. The lowest BCUT2D eigenvalue weighted by molar-refractivity contribution is 0.0934. The Morgan fingerprint density at radius 3 is 2.52 bits per heavy atom. The van der Waals surface area contributed by atoms with Crippen LogP contribution in [0.25, 0.3) is 0 Å². The first-order valence-electron chi connectivity index (χ1n) is 8.92. The number of anilines is 1. The van der Waals surface area contributed by atoms with Crippen molar-refractivity contribution in [3.8, 4) is 0 Å². The topological polar surface area (TPSA) is 71.3 Å². The zero-order valence-electron chi connectivity index (χ0n) is 14.9. The lowest BCUT2D eigenvalue weighted by Crippen LogP contribution is -2.29. The van der Waals surface area contributed by atoms with E-state index in [4.69, 9.17) is 4.42 Å². The van der Waals surface area contributed by atoms with Gasteiger partial charge in [0.25, 0.3) is 11.8 Å². The van der Waals surface area contributed by atoms with Crippen LogP contribution in [-0.2, 0) is 0 Å². The fourth-order valence-electron chi connectivity index (χ4n) is 3.00. The molecule has 2 aromatic heterocycles. The fourth-order valence-corrected chi connectivity index (χ4v) is 3.80. The number of nitrogens with one attached hydrogen (secondary N) is 2. The average molecular weight is 380 g/mol. The van der Waals surface area contributed by atoms with Gasteiger partial charge in [-0.25, -0.2) is 0 Å². The summed E-state index contributed by atoms with van der Waals surface area (Å²) in [6, 6.07) is 15.1. The molecule has 2 amide bonds. The molecule has 1 saturated carbocycles. The van der Waals surface area contributed by atoms with E-state index in [1.54, 1.807) is 24.3 Å². The van der Waals surface area contributed by atoms with Crippen LogP contribution in [0.2, 0.25) is 0 Å². The van der Waals surface area contributed by atoms with E-state index in [1.165, 1.54) is 23.2 Å². The van der Waals surface area contributed by atoms with Crippen molar-refractivity contribution in [2.75, 3.05) is 5.32 Å². The molecule has 2 N–H and O–H groups in total. The average Bonchev–Trinajstić information content (AvgIpc) is 3.15. The Morgan fingerprint density at radius 2 is 1.85 bits per heavy atom. The first-order chi connectivity index (χ1) is 13.1. The molecule has 3 aromatic rings. The molecule has 6 heteroatoms. The summed E-state index contributed by atoms with van der Waals surface area (Å²) in [6.07, 6.45) is 3.72. The molecule has 27 heavy (non-hydrogen) atoms. The van der Waals surface area contributed by atoms with Crippen molar-refractivity contribution in [3.05, 3.63) is 76.6 Å². The maximum atomic E-state index is 12.7. The minimum absolute atomic E-state index is 0.0290. The molecular formula is C21H20N2O3S. The summed E-state index contributed by atoms with van der Waals surface area (Å²) in [5.41, 5.74) is 2.34. The molecule has 5 nitrogen and oxygen atoms in total. The van der Waals surface area contributed by atoms with E-state index in [9.17, 15) is 9.59 Å². The number of thiophene rings is 1. The van der Waals surface area contributed by atoms with Crippen molar-refractivity contribution in [3.63, 3.8) is 0 Å². The third kappa shape index (κ3) is 4.11. The Balaban J connectivity index is 1.44. The van der Waals surface area contributed by atoms with Crippen LogP contribution in [0.15, 0.2) is 59.2 Å². The van der Waals surface area contributed by atoms with Crippen molar-refractivity contribution in [2.45, 2.75) is 25.8 Å². The van der Waals surface area contributed by atoms with E-state index in [0.29, 0.717) is 15.8 Å². The second-order valence-corrected chi connectivity index (χ2v) is 7.88. The van der Waals surface area contributed by atoms with Gasteiger partial charge < -0.3 is 15.1 Å². The second kappa shape index (κ2) is 7.40. The summed E-state index contributed by atoms with van der Waals surface area (Å²) in [7, 11) is 0. The SMILES string of the molecule is Cc1ccc(C(NC(=O)c2ccc(NC(=O)c3ccco3)s2)C2CC2)cc1. The smallest absolute Gasteiger partial charge is 0.291 e. The maximum absolute atomic E-state index is 12.7. The molecule has 1 unspecified atom stereocenters. The van der Waals surface area contributed by atoms with Gasteiger partial charge in [-0.05, 0) is 55.5 Å². The van der Waals surface area contributed by atoms with Crippen molar-refractivity contribution >= 4 is 28.2 Å². The van der Waals surface area contributed by atoms with Crippen LogP contribution in [0.1, 0.15) is 50.2 Å². The summed E-state index contributed by atoms with van der Waals surface area (Å²) < 4.78 is 5.08. The molecule has 1 aliphatic carbocycles. The normalized spacial score (nSPS) is 14.6.